The standard InChI is InChI=1S/C34H36N6O3/c1-23-26-20-25(43-3)17-18-31(26)40(19-11-5-8-16-33(41)36-29-15-10-9-14-28(29)35)22-27(23)34(42)37-32-21-30(38-39(32)2)24-12-6-4-7-13-24/h4,6-7,9-10,12-15,17-18,20-22H,1,5,8,11,16,19,35H2,2-3H3,(H,36,41)(H,37,42). The van der Waals surface area contributed by atoms with Gasteiger partial charge in [0.2, 0.25) is 5.91 Å². The van der Waals surface area contributed by atoms with Gasteiger partial charge in [0.15, 0.2) is 0 Å². The molecule has 0 radical (unpaired) electrons. The molecule has 0 saturated heterocycles. The SMILES string of the molecule is C=C1C(C(=O)Nc2cc(-c3ccccc3)nn2C)=CN(CCCCCC(=O)Nc2ccccc2N)c2ccc(OC)cc21. The molecule has 0 saturated carbocycles. The van der Waals surface area contributed by atoms with Crippen molar-refractivity contribution in [2.45, 2.75) is 25.7 Å². The maximum Gasteiger partial charge on any atom is 0.258 e. The van der Waals surface area contributed by atoms with Crippen molar-refractivity contribution >= 4 is 40.3 Å². The van der Waals surface area contributed by atoms with Crippen LogP contribution >= 0.6 is 0 Å². The maximum absolute atomic E-state index is 13.6. The molecular weight excluding hydrogens is 540 g/mol. The Hall–Kier alpha value is -5.31. The highest BCUT2D eigenvalue weighted by atomic mass is 16.5. The lowest BCUT2D eigenvalue weighted by Crippen LogP contribution is -2.27. The molecule has 4 aromatic rings. The molecule has 220 valence electrons. The first kappa shape index (κ1) is 29.2. The minimum Gasteiger partial charge on any atom is -0.497 e. The Kier molecular flexibility index (Phi) is 8.90. The summed E-state index contributed by atoms with van der Waals surface area (Å²) >= 11 is 0. The number of amides is 2. The number of fused-ring (bicyclic) bond motifs is 1. The second-order valence-corrected chi connectivity index (χ2v) is 10.4. The van der Waals surface area contributed by atoms with E-state index in [2.05, 4.69) is 27.2 Å². The molecule has 0 unspecified atom stereocenters. The Morgan fingerprint density at radius 3 is 2.49 bits per heavy atom. The van der Waals surface area contributed by atoms with E-state index in [9.17, 15) is 9.59 Å². The van der Waals surface area contributed by atoms with E-state index in [1.807, 2.05) is 72.9 Å². The van der Waals surface area contributed by atoms with E-state index < -0.39 is 0 Å². The largest absolute Gasteiger partial charge is 0.497 e. The number of hydrogen-bond donors (Lipinski definition) is 3. The van der Waals surface area contributed by atoms with Gasteiger partial charge in [-0.15, -0.1) is 0 Å². The van der Waals surface area contributed by atoms with E-state index in [1.165, 1.54) is 0 Å². The highest BCUT2D eigenvalue weighted by Crippen LogP contribution is 2.39. The number of benzene rings is 3. The number of nitrogens with one attached hydrogen (secondary N) is 2. The number of nitrogens with two attached hydrogens (primary N) is 1. The van der Waals surface area contributed by atoms with E-state index >= 15 is 0 Å². The Morgan fingerprint density at radius 1 is 0.953 bits per heavy atom. The number of ether oxygens (including phenoxy) is 1. The first-order valence-corrected chi connectivity index (χ1v) is 14.3. The number of aromatic nitrogens is 2. The topological polar surface area (TPSA) is 115 Å². The van der Waals surface area contributed by atoms with E-state index in [-0.39, 0.29) is 11.8 Å². The summed E-state index contributed by atoms with van der Waals surface area (Å²) in [6.07, 6.45) is 4.65. The number of rotatable bonds is 11. The summed E-state index contributed by atoms with van der Waals surface area (Å²) in [4.78, 5) is 28.1. The number of para-hydroxylation sites is 2. The summed E-state index contributed by atoms with van der Waals surface area (Å²) in [5, 5.41) is 10.5. The lowest BCUT2D eigenvalue weighted by molar-refractivity contribution is -0.116. The highest BCUT2D eigenvalue weighted by Gasteiger charge is 2.26. The van der Waals surface area contributed by atoms with Gasteiger partial charge in [-0.2, -0.15) is 5.10 Å². The molecule has 4 N–H and O–H groups in total. The molecule has 0 aliphatic carbocycles. The average molecular weight is 577 g/mol. The first-order chi connectivity index (χ1) is 20.8. The van der Waals surface area contributed by atoms with Gasteiger partial charge >= 0.3 is 0 Å². The van der Waals surface area contributed by atoms with Crippen LogP contribution in [0.1, 0.15) is 31.2 Å². The molecule has 0 spiro atoms. The molecule has 1 aliphatic rings. The number of unbranched alkanes of at least 4 members (excludes halogenated alkanes) is 2. The fourth-order valence-corrected chi connectivity index (χ4v) is 5.05. The van der Waals surface area contributed by atoms with Crippen LogP contribution < -0.4 is 26.0 Å². The molecule has 2 heterocycles. The van der Waals surface area contributed by atoms with Crippen molar-refractivity contribution in [2.75, 3.05) is 34.9 Å². The summed E-state index contributed by atoms with van der Waals surface area (Å²) in [5.41, 5.74) is 11.7. The number of hydrogen-bond acceptors (Lipinski definition) is 6. The Morgan fingerprint density at radius 2 is 1.72 bits per heavy atom. The van der Waals surface area contributed by atoms with Crippen LogP contribution in [-0.2, 0) is 16.6 Å². The third kappa shape index (κ3) is 6.78. The second kappa shape index (κ2) is 13.1. The molecule has 1 aliphatic heterocycles. The molecule has 0 fully saturated rings. The molecule has 43 heavy (non-hydrogen) atoms. The normalized spacial score (nSPS) is 12.4. The van der Waals surface area contributed by atoms with Gasteiger partial charge in [-0.25, -0.2) is 0 Å². The number of nitrogen functional groups attached to an aromatic ring is 1. The van der Waals surface area contributed by atoms with Crippen molar-refractivity contribution < 1.29 is 14.3 Å². The van der Waals surface area contributed by atoms with Crippen LogP contribution in [0, 0.1) is 0 Å². The average Bonchev–Trinajstić information content (AvgIpc) is 3.38. The van der Waals surface area contributed by atoms with Crippen LogP contribution in [0.5, 0.6) is 5.75 Å². The molecule has 9 nitrogen and oxygen atoms in total. The minimum atomic E-state index is -0.275. The van der Waals surface area contributed by atoms with E-state index in [1.54, 1.807) is 31.0 Å². The van der Waals surface area contributed by atoms with Crippen molar-refractivity contribution in [3.05, 3.63) is 103 Å². The predicted molar refractivity (Wildman–Crippen MR) is 173 cm³/mol. The van der Waals surface area contributed by atoms with Gasteiger partial charge in [0.25, 0.3) is 5.91 Å². The number of methoxy groups -OCH3 is 1. The van der Waals surface area contributed by atoms with Gasteiger partial charge < -0.3 is 26.0 Å². The van der Waals surface area contributed by atoms with Crippen LogP contribution in [-0.4, -0.2) is 35.2 Å². The Labute approximate surface area is 251 Å². The highest BCUT2D eigenvalue weighted by molar-refractivity contribution is 6.16. The number of anilines is 4. The molecule has 1 aromatic heterocycles. The monoisotopic (exact) mass is 576 g/mol. The Balaban J connectivity index is 1.26. The van der Waals surface area contributed by atoms with Crippen LogP contribution in [0.15, 0.2) is 97.2 Å². The van der Waals surface area contributed by atoms with Crippen molar-refractivity contribution in [2.24, 2.45) is 7.05 Å². The molecule has 0 bridgehead atoms. The van der Waals surface area contributed by atoms with Crippen molar-refractivity contribution in [1.29, 1.82) is 0 Å². The van der Waals surface area contributed by atoms with Gasteiger partial charge in [0.05, 0.1) is 29.8 Å². The lowest BCUT2D eigenvalue weighted by Gasteiger charge is -2.30. The van der Waals surface area contributed by atoms with Crippen molar-refractivity contribution in [3.63, 3.8) is 0 Å². The zero-order valence-corrected chi connectivity index (χ0v) is 24.5. The number of aryl methyl sites for hydroxylation is 1. The molecule has 2 amide bonds. The summed E-state index contributed by atoms with van der Waals surface area (Å²) in [6, 6.07) is 24.7. The minimum absolute atomic E-state index is 0.0611. The summed E-state index contributed by atoms with van der Waals surface area (Å²) < 4.78 is 7.12. The summed E-state index contributed by atoms with van der Waals surface area (Å²) in [6.45, 7) is 4.93. The first-order valence-electron chi connectivity index (χ1n) is 14.3. The molecular formula is C34H36N6O3. The smallest absolute Gasteiger partial charge is 0.258 e. The fraction of sp³-hybridized carbons (Fsp3) is 0.206. The van der Waals surface area contributed by atoms with Gasteiger partial charge in [-0.3, -0.25) is 14.3 Å². The van der Waals surface area contributed by atoms with E-state index in [0.717, 1.165) is 41.8 Å². The molecule has 5 rings (SSSR count). The van der Waals surface area contributed by atoms with E-state index in [4.69, 9.17) is 10.5 Å². The van der Waals surface area contributed by atoms with Crippen LogP contribution in [0.25, 0.3) is 16.8 Å². The van der Waals surface area contributed by atoms with Gasteiger partial charge in [0, 0.05) is 49.1 Å². The van der Waals surface area contributed by atoms with Crippen molar-refractivity contribution in [3.8, 4) is 17.0 Å². The predicted octanol–water partition coefficient (Wildman–Crippen LogP) is 6.23. The number of nitrogens with zero attached hydrogens (tertiary/aromatic N) is 3. The third-order valence-electron chi connectivity index (χ3n) is 7.42. The van der Waals surface area contributed by atoms with Crippen LogP contribution in [0.2, 0.25) is 0 Å². The van der Waals surface area contributed by atoms with Gasteiger partial charge in [-0.05, 0) is 48.7 Å². The number of carbonyl (C=O) groups excluding carboxylic acids is 2. The third-order valence-corrected chi connectivity index (χ3v) is 7.42. The summed E-state index contributed by atoms with van der Waals surface area (Å²) in [5.74, 6) is 0.929. The lowest BCUT2D eigenvalue weighted by atomic mass is 9.93. The van der Waals surface area contributed by atoms with Gasteiger partial charge in [0.1, 0.15) is 11.6 Å². The van der Waals surface area contributed by atoms with Gasteiger partial charge in [-0.1, -0.05) is 55.5 Å². The molecule has 3 aromatic carbocycles. The van der Waals surface area contributed by atoms with Crippen molar-refractivity contribution in [1.82, 2.24) is 9.78 Å². The zero-order chi connectivity index (χ0) is 30.3. The summed E-state index contributed by atoms with van der Waals surface area (Å²) in [7, 11) is 3.41. The van der Waals surface area contributed by atoms with Crippen LogP contribution in [0.4, 0.5) is 22.9 Å². The van der Waals surface area contributed by atoms with Crippen LogP contribution in [0.3, 0.4) is 0 Å². The zero-order valence-electron chi connectivity index (χ0n) is 24.5. The Bertz CT molecular complexity index is 1670. The molecule has 0 atom stereocenters. The quantitative estimate of drug-likeness (QED) is 0.144. The maximum atomic E-state index is 13.6. The number of carbonyl (C=O) groups is 2. The fourth-order valence-electron chi connectivity index (χ4n) is 5.05. The second-order valence-electron chi connectivity index (χ2n) is 10.4. The molecule has 9 heteroatoms. The van der Waals surface area contributed by atoms with E-state index in [0.29, 0.717) is 47.1 Å².